The van der Waals surface area contributed by atoms with Gasteiger partial charge in [-0.3, -0.25) is 4.79 Å². The first-order chi connectivity index (χ1) is 16.6. The molecule has 0 radical (unpaired) electrons. The van der Waals surface area contributed by atoms with Crippen LogP contribution in [0.4, 0.5) is 0 Å². The molecule has 1 fully saturated rings. The fourth-order valence-corrected chi connectivity index (χ4v) is 5.50. The summed E-state index contributed by atoms with van der Waals surface area (Å²) >= 11 is 1.47. The average Bonchev–Trinajstić information content (AvgIpc) is 3.47. The van der Waals surface area contributed by atoms with E-state index in [0.29, 0.717) is 22.8 Å². The molecule has 3 aliphatic rings. The van der Waals surface area contributed by atoms with Gasteiger partial charge in [0.25, 0.3) is 0 Å². The molecule has 35 heavy (non-hydrogen) atoms. The van der Waals surface area contributed by atoms with Crippen LogP contribution in [0.1, 0.15) is 58.6 Å². The van der Waals surface area contributed by atoms with E-state index < -0.39 is 17.6 Å². The number of fused-ring (bicyclic) bond motifs is 1. The van der Waals surface area contributed by atoms with Crippen LogP contribution in [0.5, 0.6) is 11.5 Å². The molecule has 0 N–H and O–H groups in total. The maximum absolute atomic E-state index is 13.5. The Morgan fingerprint density at radius 2 is 1.80 bits per heavy atom. The Hall–Kier alpha value is -2.94. The van der Waals surface area contributed by atoms with Gasteiger partial charge in [-0.1, -0.05) is 17.8 Å². The first-order valence-electron chi connectivity index (χ1n) is 11.8. The summed E-state index contributed by atoms with van der Waals surface area (Å²) in [6.45, 7) is 8.94. The Morgan fingerprint density at radius 3 is 2.43 bits per heavy atom. The molecule has 3 aliphatic heterocycles. The topological polar surface area (TPSA) is 80.7 Å². The number of methoxy groups -OCH3 is 2. The minimum absolute atomic E-state index is 0.0896. The van der Waals surface area contributed by atoms with Crippen molar-refractivity contribution in [2.75, 3.05) is 27.3 Å². The number of likely N-dealkylation sites (tertiary alicyclic amines) is 1. The van der Waals surface area contributed by atoms with Crippen molar-refractivity contribution < 1.29 is 23.8 Å². The third kappa shape index (κ3) is 5.19. The predicted molar refractivity (Wildman–Crippen MR) is 136 cm³/mol. The van der Waals surface area contributed by atoms with Gasteiger partial charge in [0.15, 0.2) is 16.7 Å². The largest absolute Gasteiger partial charge is 0.493 e. The number of aliphatic imine (C=N–C) groups is 1. The van der Waals surface area contributed by atoms with Gasteiger partial charge in [0.05, 0.1) is 38.0 Å². The molecule has 0 unspecified atom stereocenters. The highest BCUT2D eigenvalue weighted by molar-refractivity contribution is 8.16. The Balaban J connectivity index is 1.77. The second-order valence-corrected chi connectivity index (χ2v) is 10.6. The molecule has 8 nitrogen and oxygen atoms in total. The standard InChI is InChI=1S/C26H33N3O5S/c1-16-22(24(31)34-26(2,3)4)23(17-9-10-19(32-5)20(13-17)33-6)29-18(15-35-25(29)27-16)14-21(30)28-11-7-8-12-28/h9-10,13,15,23H,7-8,11-12,14H2,1-6H3/t23-/m1/s1. The van der Waals surface area contributed by atoms with Crippen LogP contribution in [0.25, 0.3) is 0 Å². The highest BCUT2D eigenvalue weighted by Gasteiger charge is 2.42. The number of amidine groups is 1. The molecule has 1 atom stereocenters. The summed E-state index contributed by atoms with van der Waals surface area (Å²) in [6, 6.07) is 5.08. The zero-order valence-corrected chi connectivity index (χ0v) is 22.0. The molecule has 3 heterocycles. The van der Waals surface area contributed by atoms with Crippen LogP contribution < -0.4 is 9.47 Å². The van der Waals surface area contributed by atoms with Crippen molar-refractivity contribution in [1.82, 2.24) is 9.80 Å². The third-order valence-corrected chi connectivity index (χ3v) is 7.02. The number of nitrogens with zero attached hydrogens (tertiary/aromatic N) is 3. The summed E-state index contributed by atoms with van der Waals surface area (Å²) in [5.74, 6) is 0.809. The first kappa shape index (κ1) is 25.2. The van der Waals surface area contributed by atoms with E-state index in [2.05, 4.69) is 0 Å². The molecule has 4 rings (SSSR count). The molecular formula is C26H33N3O5S. The summed E-state index contributed by atoms with van der Waals surface area (Å²) in [6.07, 6.45) is 2.32. The highest BCUT2D eigenvalue weighted by Crippen LogP contribution is 2.46. The Kier molecular flexibility index (Phi) is 7.17. The van der Waals surface area contributed by atoms with E-state index in [1.54, 1.807) is 14.2 Å². The second kappa shape index (κ2) is 9.97. The van der Waals surface area contributed by atoms with Crippen molar-refractivity contribution in [2.45, 2.75) is 58.6 Å². The molecule has 0 aromatic heterocycles. The number of thioether (sulfide) groups is 1. The van der Waals surface area contributed by atoms with Gasteiger partial charge in [-0.15, -0.1) is 0 Å². The van der Waals surface area contributed by atoms with Crippen molar-refractivity contribution in [3.63, 3.8) is 0 Å². The summed E-state index contributed by atoms with van der Waals surface area (Å²) < 4.78 is 16.8. The van der Waals surface area contributed by atoms with Gasteiger partial charge in [-0.2, -0.15) is 0 Å². The monoisotopic (exact) mass is 499 g/mol. The Bertz CT molecular complexity index is 1110. The molecule has 0 bridgehead atoms. The number of hydrogen-bond donors (Lipinski definition) is 0. The van der Waals surface area contributed by atoms with Gasteiger partial charge in [0.1, 0.15) is 5.60 Å². The third-order valence-electron chi connectivity index (χ3n) is 6.13. The van der Waals surface area contributed by atoms with E-state index in [4.69, 9.17) is 19.2 Å². The Labute approximate surface area is 211 Å². The zero-order chi connectivity index (χ0) is 25.3. The summed E-state index contributed by atoms with van der Waals surface area (Å²) in [5, 5.41) is 2.70. The fraction of sp³-hybridized carbons (Fsp3) is 0.500. The van der Waals surface area contributed by atoms with Gasteiger partial charge in [-0.25, -0.2) is 9.79 Å². The van der Waals surface area contributed by atoms with E-state index in [1.807, 2.05) is 61.1 Å². The lowest BCUT2D eigenvalue weighted by atomic mass is 9.93. The first-order valence-corrected chi connectivity index (χ1v) is 12.7. The fourth-order valence-electron chi connectivity index (χ4n) is 4.54. The smallest absolute Gasteiger partial charge is 0.338 e. The number of benzene rings is 1. The number of esters is 1. The maximum Gasteiger partial charge on any atom is 0.338 e. The lowest BCUT2D eigenvalue weighted by Crippen LogP contribution is -2.39. The lowest BCUT2D eigenvalue weighted by molar-refractivity contribution is -0.150. The van der Waals surface area contributed by atoms with Crippen LogP contribution in [0, 0.1) is 0 Å². The summed E-state index contributed by atoms with van der Waals surface area (Å²) in [5.41, 5.74) is 2.01. The number of allylic oxidation sites excluding steroid dienone is 1. The maximum atomic E-state index is 13.5. The molecule has 0 spiro atoms. The second-order valence-electron chi connectivity index (χ2n) is 9.77. The molecule has 1 aromatic rings. The van der Waals surface area contributed by atoms with Crippen molar-refractivity contribution >= 4 is 28.8 Å². The average molecular weight is 500 g/mol. The van der Waals surface area contributed by atoms with Crippen molar-refractivity contribution in [1.29, 1.82) is 0 Å². The van der Waals surface area contributed by atoms with Crippen molar-refractivity contribution in [3.05, 3.63) is 46.1 Å². The summed E-state index contributed by atoms with van der Waals surface area (Å²) in [4.78, 5) is 35.2. The van der Waals surface area contributed by atoms with Crippen LogP contribution >= 0.6 is 11.8 Å². The van der Waals surface area contributed by atoms with Crippen molar-refractivity contribution in [3.8, 4) is 11.5 Å². The molecular weight excluding hydrogens is 466 g/mol. The van der Waals surface area contributed by atoms with Gasteiger partial charge in [0, 0.05) is 18.8 Å². The van der Waals surface area contributed by atoms with Crippen LogP contribution in [-0.2, 0) is 14.3 Å². The van der Waals surface area contributed by atoms with Gasteiger partial charge < -0.3 is 24.0 Å². The zero-order valence-electron chi connectivity index (χ0n) is 21.2. The number of ether oxygens (including phenoxy) is 3. The highest BCUT2D eigenvalue weighted by atomic mass is 32.2. The number of carbonyl (C=O) groups is 2. The lowest BCUT2D eigenvalue weighted by Gasteiger charge is -2.37. The number of hydrogen-bond acceptors (Lipinski definition) is 8. The normalized spacial score (nSPS) is 19.9. The van der Waals surface area contributed by atoms with Crippen LogP contribution in [0.3, 0.4) is 0 Å². The quantitative estimate of drug-likeness (QED) is 0.528. The predicted octanol–water partition coefficient (Wildman–Crippen LogP) is 4.63. The minimum Gasteiger partial charge on any atom is -0.493 e. The minimum atomic E-state index is -0.666. The molecule has 1 saturated heterocycles. The number of amides is 1. The Morgan fingerprint density at radius 1 is 1.11 bits per heavy atom. The molecule has 188 valence electrons. The molecule has 0 saturated carbocycles. The van der Waals surface area contributed by atoms with Crippen LogP contribution in [0.15, 0.2) is 45.6 Å². The number of rotatable bonds is 6. The number of carbonyl (C=O) groups excluding carboxylic acids is 2. The summed E-state index contributed by atoms with van der Waals surface area (Å²) in [7, 11) is 3.16. The molecule has 1 amide bonds. The van der Waals surface area contributed by atoms with Crippen molar-refractivity contribution in [2.24, 2.45) is 4.99 Å². The van der Waals surface area contributed by atoms with E-state index in [-0.39, 0.29) is 12.3 Å². The molecule has 1 aromatic carbocycles. The van der Waals surface area contributed by atoms with Gasteiger partial charge in [0.2, 0.25) is 5.91 Å². The van der Waals surface area contributed by atoms with E-state index in [0.717, 1.165) is 42.4 Å². The van der Waals surface area contributed by atoms with Crippen LogP contribution in [-0.4, -0.2) is 59.8 Å². The van der Waals surface area contributed by atoms with Gasteiger partial charge >= 0.3 is 5.97 Å². The van der Waals surface area contributed by atoms with Gasteiger partial charge in [-0.05, 0) is 63.6 Å². The SMILES string of the molecule is COc1ccc([C@@H]2C(C(=O)OC(C)(C)C)=C(C)N=C3SC=C(CC(=O)N4CCCC4)N32)cc1OC. The van der Waals surface area contributed by atoms with E-state index in [1.165, 1.54) is 11.8 Å². The van der Waals surface area contributed by atoms with E-state index in [9.17, 15) is 9.59 Å². The molecule has 9 heteroatoms. The van der Waals surface area contributed by atoms with E-state index >= 15 is 0 Å². The molecule has 0 aliphatic carbocycles. The van der Waals surface area contributed by atoms with Crippen LogP contribution in [0.2, 0.25) is 0 Å².